The van der Waals surface area contributed by atoms with Gasteiger partial charge in [0.1, 0.15) is 0 Å². The number of nitrogens with one attached hydrogen (secondary N) is 1. The summed E-state index contributed by atoms with van der Waals surface area (Å²) in [7, 11) is 0. The van der Waals surface area contributed by atoms with Crippen LogP contribution in [0, 0.1) is 35.0 Å². The first-order valence-corrected chi connectivity index (χ1v) is 12.5. The monoisotopic (exact) mass is 415 g/mol. The van der Waals surface area contributed by atoms with Crippen molar-refractivity contribution in [1.82, 2.24) is 5.32 Å². The van der Waals surface area contributed by atoms with Gasteiger partial charge in [0.05, 0.1) is 12.0 Å². The van der Waals surface area contributed by atoms with Crippen LogP contribution in [0.3, 0.4) is 0 Å². The number of aliphatic hydroxyl groups is 1. The van der Waals surface area contributed by atoms with Crippen molar-refractivity contribution < 1.29 is 19.4 Å². The molecule has 3 atom stereocenters. The summed E-state index contributed by atoms with van der Waals surface area (Å²) in [6.07, 6.45) is 12.8. The van der Waals surface area contributed by atoms with Gasteiger partial charge in [0, 0.05) is 5.54 Å². The predicted octanol–water partition coefficient (Wildman–Crippen LogP) is 3.72. The molecule has 0 aromatic rings. The Morgan fingerprint density at radius 1 is 0.900 bits per heavy atom. The molecule has 8 rings (SSSR count). The van der Waals surface area contributed by atoms with E-state index in [-0.39, 0.29) is 22.8 Å². The van der Waals surface area contributed by atoms with E-state index in [2.05, 4.69) is 5.32 Å². The Kier molecular flexibility index (Phi) is 4.22. The lowest BCUT2D eigenvalue weighted by molar-refractivity contribution is -0.180. The number of rotatable bonds is 5. The Hall–Kier alpha value is -1.10. The van der Waals surface area contributed by atoms with Gasteiger partial charge in [-0.25, -0.2) is 0 Å². The highest BCUT2D eigenvalue weighted by Gasteiger charge is 2.58. The second kappa shape index (κ2) is 6.46. The van der Waals surface area contributed by atoms with Crippen LogP contribution in [0.25, 0.3) is 0 Å². The maximum Gasteiger partial charge on any atom is 0.307 e. The van der Waals surface area contributed by atoms with Crippen molar-refractivity contribution in [2.45, 2.75) is 108 Å². The normalized spacial score (nSPS) is 51.1. The summed E-state index contributed by atoms with van der Waals surface area (Å²) in [6, 6.07) is 0. The van der Waals surface area contributed by atoms with Crippen molar-refractivity contribution in [2.24, 2.45) is 35.0 Å². The molecule has 0 saturated heterocycles. The van der Waals surface area contributed by atoms with E-state index in [9.17, 15) is 14.7 Å². The summed E-state index contributed by atoms with van der Waals surface area (Å²) in [4.78, 5) is 25.8. The SMILES string of the molecule is C[C@@H](OC(=O)CC12C[C@@H]3C[C@H](CC(O)(C3)C1)C2)C(=O)NC12CC3CC(CC(C3)C1)C2. The van der Waals surface area contributed by atoms with Crippen LogP contribution in [0.15, 0.2) is 0 Å². The maximum absolute atomic E-state index is 12.9. The number of carbonyl (C=O) groups is 2. The molecule has 0 spiro atoms. The van der Waals surface area contributed by atoms with E-state index in [1.54, 1.807) is 6.92 Å². The Balaban J connectivity index is 1.07. The van der Waals surface area contributed by atoms with Crippen molar-refractivity contribution >= 4 is 11.9 Å². The molecular weight excluding hydrogens is 378 g/mol. The number of carbonyl (C=O) groups excluding carboxylic acids is 2. The Morgan fingerprint density at radius 3 is 1.97 bits per heavy atom. The first kappa shape index (κ1) is 19.6. The fourth-order valence-corrected chi connectivity index (χ4v) is 9.83. The molecule has 1 amide bonds. The molecule has 8 aliphatic carbocycles. The molecular formula is C25H37NO4. The molecule has 0 aromatic heterocycles. The van der Waals surface area contributed by atoms with Crippen molar-refractivity contribution in [3.63, 3.8) is 0 Å². The average molecular weight is 416 g/mol. The molecule has 0 aliphatic heterocycles. The highest BCUT2D eigenvalue weighted by molar-refractivity contribution is 5.84. The lowest BCUT2D eigenvalue weighted by atomic mass is 9.47. The molecule has 0 radical (unpaired) electrons. The van der Waals surface area contributed by atoms with Crippen LogP contribution in [0.5, 0.6) is 0 Å². The van der Waals surface area contributed by atoms with Crippen molar-refractivity contribution in [1.29, 1.82) is 0 Å². The van der Waals surface area contributed by atoms with Crippen molar-refractivity contribution in [3.05, 3.63) is 0 Å². The summed E-state index contributed by atoms with van der Waals surface area (Å²) in [5.41, 5.74) is -0.715. The Labute approximate surface area is 179 Å². The van der Waals surface area contributed by atoms with Gasteiger partial charge in [0.25, 0.3) is 5.91 Å². The lowest BCUT2D eigenvalue weighted by Crippen LogP contribution is -2.61. The van der Waals surface area contributed by atoms with Gasteiger partial charge in [-0.2, -0.15) is 0 Å². The summed E-state index contributed by atoms with van der Waals surface area (Å²) in [5, 5.41) is 14.3. The molecule has 8 aliphatic rings. The standard InChI is InChI=1S/C25H37NO4/c1-15(22(28)26-24-8-16-2-17(9-24)4-18(3-16)10-24)30-21(27)13-23-6-19-5-20(7-23)12-25(29,11-19)14-23/h15-20,29H,2-14H2,1H3,(H,26,28)/t15-,16?,17?,18?,19+,20+,23?,24?,25?/m1/s1. The van der Waals surface area contributed by atoms with E-state index in [0.717, 1.165) is 69.1 Å². The smallest absolute Gasteiger partial charge is 0.307 e. The summed E-state index contributed by atoms with van der Waals surface area (Å²) < 4.78 is 5.67. The van der Waals surface area contributed by atoms with Crippen LogP contribution in [-0.2, 0) is 14.3 Å². The highest BCUT2D eigenvalue weighted by atomic mass is 16.5. The molecule has 2 N–H and O–H groups in total. The second-order valence-corrected chi connectivity index (χ2v) is 12.7. The first-order chi connectivity index (χ1) is 14.2. The number of amides is 1. The fraction of sp³-hybridized carbons (Fsp3) is 0.920. The molecule has 8 bridgehead atoms. The van der Waals surface area contributed by atoms with Crippen LogP contribution < -0.4 is 5.32 Å². The number of hydrogen-bond acceptors (Lipinski definition) is 4. The molecule has 8 saturated carbocycles. The largest absolute Gasteiger partial charge is 0.453 e. The zero-order valence-corrected chi connectivity index (χ0v) is 18.3. The number of esters is 1. The number of hydrogen-bond donors (Lipinski definition) is 2. The fourth-order valence-electron chi connectivity index (χ4n) is 9.83. The third-order valence-corrected chi connectivity index (χ3v) is 9.77. The van der Waals surface area contributed by atoms with Gasteiger partial charge in [-0.05, 0) is 119 Å². The highest BCUT2D eigenvalue weighted by Crippen LogP contribution is 2.63. The average Bonchev–Trinajstić information content (AvgIpc) is 2.57. The van der Waals surface area contributed by atoms with Gasteiger partial charge in [-0.3, -0.25) is 9.59 Å². The van der Waals surface area contributed by atoms with Gasteiger partial charge in [0.2, 0.25) is 0 Å². The Morgan fingerprint density at radius 2 is 1.43 bits per heavy atom. The van der Waals surface area contributed by atoms with E-state index < -0.39 is 11.7 Å². The zero-order chi connectivity index (χ0) is 20.7. The van der Waals surface area contributed by atoms with Crippen LogP contribution in [-0.4, -0.2) is 34.2 Å². The molecule has 0 aromatic carbocycles. The molecule has 5 nitrogen and oxygen atoms in total. The van der Waals surface area contributed by atoms with Gasteiger partial charge in [-0.15, -0.1) is 0 Å². The maximum atomic E-state index is 12.9. The molecule has 5 heteroatoms. The van der Waals surface area contributed by atoms with Crippen LogP contribution >= 0.6 is 0 Å². The third kappa shape index (κ3) is 3.30. The van der Waals surface area contributed by atoms with E-state index >= 15 is 0 Å². The molecule has 0 unspecified atom stereocenters. The minimum absolute atomic E-state index is 0.0459. The van der Waals surface area contributed by atoms with Crippen molar-refractivity contribution in [2.75, 3.05) is 0 Å². The van der Waals surface area contributed by atoms with E-state index in [1.807, 2.05) is 0 Å². The van der Waals surface area contributed by atoms with Gasteiger partial charge >= 0.3 is 5.97 Å². The van der Waals surface area contributed by atoms with E-state index in [0.29, 0.717) is 18.3 Å². The van der Waals surface area contributed by atoms with Gasteiger partial charge in [0.15, 0.2) is 6.10 Å². The van der Waals surface area contributed by atoms with E-state index in [4.69, 9.17) is 4.74 Å². The predicted molar refractivity (Wildman–Crippen MR) is 111 cm³/mol. The van der Waals surface area contributed by atoms with E-state index in [1.165, 1.54) is 25.7 Å². The topological polar surface area (TPSA) is 75.6 Å². The third-order valence-electron chi connectivity index (χ3n) is 9.77. The zero-order valence-electron chi connectivity index (χ0n) is 18.3. The lowest BCUT2D eigenvalue weighted by Gasteiger charge is -2.60. The molecule has 30 heavy (non-hydrogen) atoms. The number of ether oxygens (including phenoxy) is 1. The Bertz CT molecular complexity index is 711. The minimum Gasteiger partial charge on any atom is -0.453 e. The molecule has 8 fully saturated rings. The van der Waals surface area contributed by atoms with Crippen molar-refractivity contribution in [3.8, 4) is 0 Å². The van der Waals surface area contributed by atoms with Crippen LogP contribution in [0.4, 0.5) is 0 Å². The summed E-state index contributed by atoms with van der Waals surface area (Å²) >= 11 is 0. The second-order valence-electron chi connectivity index (χ2n) is 12.7. The van der Waals surface area contributed by atoms with Gasteiger partial charge in [-0.1, -0.05) is 0 Å². The quantitative estimate of drug-likeness (QED) is 0.671. The van der Waals surface area contributed by atoms with Crippen LogP contribution in [0.2, 0.25) is 0 Å². The van der Waals surface area contributed by atoms with Crippen LogP contribution in [0.1, 0.15) is 90.4 Å². The minimum atomic E-state index is -0.734. The first-order valence-electron chi connectivity index (χ1n) is 12.5. The summed E-state index contributed by atoms with van der Waals surface area (Å²) in [6.45, 7) is 1.72. The molecule has 166 valence electrons. The molecule has 0 heterocycles. The van der Waals surface area contributed by atoms with Gasteiger partial charge < -0.3 is 15.2 Å². The summed E-state index contributed by atoms with van der Waals surface area (Å²) in [5.74, 6) is 3.06.